The minimum absolute atomic E-state index is 0.315. The summed E-state index contributed by atoms with van der Waals surface area (Å²) in [5, 5.41) is 3.31. The van der Waals surface area contributed by atoms with Crippen molar-refractivity contribution in [2.45, 2.75) is 31.1 Å². The fourth-order valence-corrected chi connectivity index (χ4v) is 2.59. The van der Waals surface area contributed by atoms with E-state index < -0.39 is 0 Å². The monoisotopic (exact) mass is 190 g/mol. The first-order valence-corrected chi connectivity index (χ1v) is 5.43. The maximum atomic E-state index is 4.51. The van der Waals surface area contributed by atoms with Gasteiger partial charge in [-0.05, 0) is 32.0 Å². The molecule has 0 saturated heterocycles. The molecule has 1 aliphatic rings. The van der Waals surface area contributed by atoms with Crippen LogP contribution in [0.3, 0.4) is 0 Å². The quantitative estimate of drug-likeness (QED) is 0.789. The molecule has 1 heterocycles. The molecule has 0 aliphatic heterocycles. The molecule has 1 aliphatic carbocycles. The highest BCUT2D eigenvalue weighted by Crippen LogP contribution is 2.39. The maximum Gasteiger partial charge on any atom is 0.0478 e. The molecule has 2 heteroatoms. The number of hydrogen-bond donors (Lipinski definition) is 1. The van der Waals surface area contributed by atoms with Crippen LogP contribution in [-0.2, 0) is 5.41 Å². The number of likely N-dealkylation sites (N-methyl/N-ethyl adjacent to an activating group) is 1. The Balaban J connectivity index is 2.27. The molecular weight excluding hydrogens is 172 g/mol. The summed E-state index contributed by atoms with van der Waals surface area (Å²) in [6.45, 7) is 1.06. The summed E-state index contributed by atoms with van der Waals surface area (Å²) in [4.78, 5) is 4.51. The first-order valence-electron chi connectivity index (χ1n) is 5.43. The lowest BCUT2D eigenvalue weighted by molar-refractivity contribution is 0.409. The Hall–Kier alpha value is -0.890. The highest BCUT2D eigenvalue weighted by molar-refractivity contribution is 5.19. The molecule has 0 radical (unpaired) electrons. The molecule has 14 heavy (non-hydrogen) atoms. The van der Waals surface area contributed by atoms with Crippen LogP contribution < -0.4 is 5.32 Å². The van der Waals surface area contributed by atoms with E-state index in [1.807, 2.05) is 19.3 Å². The lowest BCUT2D eigenvalue weighted by atomic mass is 9.82. The van der Waals surface area contributed by atoms with Crippen molar-refractivity contribution < 1.29 is 0 Å². The Labute approximate surface area is 85.7 Å². The van der Waals surface area contributed by atoms with Crippen LogP contribution in [-0.4, -0.2) is 18.6 Å². The van der Waals surface area contributed by atoms with Crippen LogP contribution in [0.4, 0.5) is 0 Å². The van der Waals surface area contributed by atoms with Crippen LogP contribution in [0.5, 0.6) is 0 Å². The van der Waals surface area contributed by atoms with Gasteiger partial charge in [0.2, 0.25) is 0 Å². The van der Waals surface area contributed by atoms with Crippen LogP contribution in [0.15, 0.2) is 24.4 Å². The molecule has 76 valence electrons. The lowest BCUT2D eigenvalue weighted by Gasteiger charge is -2.27. The van der Waals surface area contributed by atoms with Crippen molar-refractivity contribution in [1.29, 1.82) is 0 Å². The van der Waals surface area contributed by atoms with Gasteiger partial charge in [0.05, 0.1) is 0 Å². The van der Waals surface area contributed by atoms with E-state index in [0.29, 0.717) is 5.41 Å². The molecule has 0 aromatic carbocycles. The Kier molecular flexibility index (Phi) is 2.82. The van der Waals surface area contributed by atoms with E-state index in [4.69, 9.17) is 0 Å². The second kappa shape index (κ2) is 4.09. The summed E-state index contributed by atoms with van der Waals surface area (Å²) in [6.07, 6.45) is 7.16. The number of pyridine rings is 1. The summed E-state index contributed by atoms with van der Waals surface area (Å²) < 4.78 is 0. The average Bonchev–Trinajstić information content (AvgIpc) is 2.70. The van der Waals surface area contributed by atoms with Gasteiger partial charge in [-0.3, -0.25) is 4.98 Å². The van der Waals surface area contributed by atoms with Crippen molar-refractivity contribution in [3.05, 3.63) is 30.1 Å². The molecule has 1 fully saturated rings. The van der Waals surface area contributed by atoms with Gasteiger partial charge in [0.25, 0.3) is 0 Å². The average molecular weight is 190 g/mol. The van der Waals surface area contributed by atoms with Crippen LogP contribution >= 0.6 is 0 Å². The molecule has 2 nitrogen and oxygen atoms in total. The number of aromatic nitrogens is 1. The Bertz CT molecular complexity index is 276. The highest BCUT2D eigenvalue weighted by atomic mass is 14.9. The molecule has 0 amide bonds. The number of rotatable bonds is 3. The third kappa shape index (κ3) is 1.67. The minimum Gasteiger partial charge on any atom is -0.319 e. The van der Waals surface area contributed by atoms with Gasteiger partial charge in [-0.1, -0.05) is 18.9 Å². The van der Waals surface area contributed by atoms with Gasteiger partial charge in [-0.15, -0.1) is 0 Å². The lowest BCUT2D eigenvalue weighted by Crippen LogP contribution is -2.34. The molecule has 2 rings (SSSR count). The van der Waals surface area contributed by atoms with Crippen molar-refractivity contribution >= 4 is 0 Å². The van der Waals surface area contributed by atoms with Crippen molar-refractivity contribution in [1.82, 2.24) is 10.3 Å². The number of nitrogens with one attached hydrogen (secondary N) is 1. The Morgan fingerprint density at radius 2 is 2.14 bits per heavy atom. The molecular formula is C12H18N2. The van der Waals surface area contributed by atoms with Gasteiger partial charge < -0.3 is 5.32 Å². The summed E-state index contributed by atoms with van der Waals surface area (Å²) >= 11 is 0. The summed E-state index contributed by atoms with van der Waals surface area (Å²) in [5.74, 6) is 0. The summed E-state index contributed by atoms with van der Waals surface area (Å²) in [6, 6.07) is 6.26. The molecule has 0 bridgehead atoms. The van der Waals surface area contributed by atoms with Crippen molar-refractivity contribution in [3.8, 4) is 0 Å². The van der Waals surface area contributed by atoms with E-state index in [9.17, 15) is 0 Å². The molecule has 0 atom stereocenters. The maximum absolute atomic E-state index is 4.51. The van der Waals surface area contributed by atoms with Gasteiger partial charge in [0.15, 0.2) is 0 Å². The second-order valence-electron chi connectivity index (χ2n) is 4.23. The minimum atomic E-state index is 0.315. The van der Waals surface area contributed by atoms with Gasteiger partial charge in [-0.25, -0.2) is 0 Å². The third-order valence-electron chi connectivity index (χ3n) is 3.28. The van der Waals surface area contributed by atoms with E-state index >= 15 is 0 Å². The molecule has 0 spiro atoms. The van der Waals surface area contributed by atoms with Gasteiger partial charge in [-0.2, -0.15) is 0 Å². The molecule has 1 N–H and O–H groups in total. The van der Waals surface area contributed by atoms with E-state index in [-0.39, 0.29) is 0 Å². The van der Waals surface area contributed by atoms with Gasteiger partial charge in [0, 0.05) is 23.9 Å². The predicted octanol–water partition coefficient (Wildman–Crippen LogP) is 2.11. The van der Waals surface area contributed by atoms with E-state index in [1.165, 1.54) is 31.4 Å². The third-order valence-corrected chi connectivity index (χ3v) is 3.28. The fourth-order valence-electron chi connectivity index (χ4n) is 2.59. The van der Waals surface area contributed by atoms with Gasteiger partial charge in [0.1, 0.15) is 0 Å². The normalized spacial score (nSPS) is 19.8. The first kappa shape index (κ1) is 9.66. The molecule has 1 aromatic heterocycles. The SMILES string of the molecule is CNCC1(c2ccccn2)CCCC1. The van der Waals surface area contributed by atoms with Crippen LogP contribution in [0, 0.1) is 0 Å². The largest absolute Gasteiger partial charge is 0.319 e. The van der Waals surface area contributed by atoms with Crippen molar-refractivity contribution in [2.75, 3.05) is 13.6 Å². The predicted molar refractivity (Wildman–Crippen MR) is 58.3 cm³/mol. The Morgan fingerprint density at radius 3 is 2.71 bits per heavy atom. The van der Waals surface area contributed by atoms with Crippen molar-refractivity contribution in [3.63, 3.8) is 0 Å². The molecule has 1 saturated carbocycles. The zero-order chi connectivity index (χ0) is 9.86. The first-order chi connectivity index (χ1) is 6.87. The van der Waals surface area contributed by atoms with Crippen LogP contribution in [0.25, 0.3) is 0 Å². The zero-order valence-electron chi connectivity index (χ0n) is 8.79. The molecule has 0 unspecified atom stereocenters. The zero-order valence-corrected chi connectivity index (χ0v) is 8.79. The standard InChI is InChI=1S/C12H18N2/c1-13-10-12(7-3-4-8-12)11-6-2-5-9-14-11/h2,5-6,9,13H,3-4,7-8,10H2,1H3. The van der Waals surface area contributed by atoms with E-state index in [1.54, 1.807) is 0 Å². The van der Waals surface area contributed by atoms with Crippen LogP contribution in [0.2, 0.25) is 0 Å². The van der Waals surface area contributed by atoms with E-state index in [2.05, 4.69) is 22.4 Å². The Morgan fingerprint density at radius 1 is 1.36 bits per heavy atom. The fraction of sp³-hybridized carbons (Fsp3) is 0.583. The van der Waals surface area contributed by atoms with Crippen molar-refractivity contribution in [2.24, 2.45) is 0 Å². The van der Waals surface area contributed by atoms with E-state index in [0.717, 1.165) is 6.54 Å². The topological polar surface area (TPSA) is 24.9 Å². The smallest absolute Gasteiger partial charge is 0.0478 e. The molecule has 1 aromatic rings. The highest BCUT2D eigenvalue weighted by Gasteiger charge is 2.35. The number of nitrogens with zero attached hydrogens (tertiary/aromatic N) is 1. The summed E-state index contributed by atoms with van der Waals surface area (Å²) in [5.41, 5.74) is 1.59. The number of hydrogen-bond acceptors (Lipinski definition) is 2. The summed E-state index contributed by atoms with van der Waals surface area (Å²) in [7, 11) is 2.03. The second-order valence-corrected chi connectivity index (χ2v) is 4.23. The van der Waals surface area contributed by atoms with Crippen LogP contribution in [0.1, 0.15) is 31.4 Å². The van der Waals surface area contributed by atoms with Gasteiger partial charge >= 0.3 is 0 Å².